The van der Waals surface area contributed by atoms with Crippen molar-refractivity contribution in [2.75, 3.05) is 32.8 Å². The highest BCUT2D eigenvalue weighted by Gasteiger charge is 2.22. The molecule has 2 rings (SSSR count). The van der Waals surface area contributed by atoms with Crippen LogP contribution in [-0.2, 0) is 10.0 Å². The Bertz CT molecular complexity index is 572. The fraction of sp³-hybridized carbons (Fsp3) is 0.647. The van der Waals surface area contributed by atoms with Crippen molar-refractivity contribution in [1.29, 1.82) is 0 Å². The topological polar surface area (TPSA) is 69.6 Å². The molecule has 130 valence electrons. The molecule has 1 heterocycles. The molecule has 0 radical (unpaired) electrons. The van der Waals surface area contributed by atoms with E-state index in [1.165, 1.54) is 0 Å². The van der Waals surface area contributed by atoms with Gasteiger partial charge in [-0.1, -0.05) is 17.7 Å². The number of nitrogens with zero attached hydrogens (tertiary/aromatic N) is 1. The normalized spacial score (nSPS) is 19.8. The molecule has 5 nitrogen and oxygen atoms in total. The zero-order chi connectivity index (χ0) is 16.7. The Balaban J connectivity index is 1.83. The first-order valence-corrected chi connectivity index (χ1v) is 9.89. The van der Waals surface area contributed by atoms with E-state index in [1.807, 2.05) is 19.1 Å². The Kier molecular flexibility index (Phi) is 7.02. The summed E-state index contributed by atoms with van der Waals surface area (Å²) in [5, 5.41) is 8.85. The summed E-state index contributed by atoms with van der Waals surface area (Å²) in [6.07, 6.45) is 4.00. The fourth-order valence-electron chi connectivity index (χ4n) is 3.00. The van der Waals surface area contributed by atoms with Gasteiger partial charge in [-0.2, -0.15) is 0 Å². The van der Waals surface area contributed by atoms with Crippen LogP contribution in [0.3, 0.4) is 0 Å². The van der Waals surface area contributed by atoms with E-state index in [0.717, 1.165) is 50.9 Å². The SMILES string of the molecule is Cc1ccc(S(=O)(=O)NCC2CCCN(CCCCO)C2)cc1. The summed E-state index contributed by atoms with van der Waals surface area (Å²) >= 11 is 0. The maximum Gasteiger partial charge on any atom is 0.240 e. The van der Waals surface area contributed by atoms with Crippen molar-refractivity contribution >= 4 is 10.0 Å². The van der Waals surface area contributed by atoms with Crippen LogP contribution in [0.15, 0.2) is 29.2 Å². The predicted molar refractivity (Wildman–Crippen MR) is 91.9 cm³/mol. The molecule has 1 saturated heterocycles. The molecule has 0 spiro atoms. The zero-order valence-corrected chi connectivity index (χ0v) is 14.7. The Morgan fingerprint density at radius 2 is 2.00 bits per heavy atom. The van der Waals surface area contributed by atoms with Crippen molar-refractivity contribution < 1.29 is 13.5 Å². The molecule has 0 bridgehead atoms. The summed E-state index contributed by atoms with van der Waals surface area (Å²) in [5.74, 6) is 0.359. The van der Waals surface area contributed by atoms with Gasteiger partial charge in [-0.15, -0.1) is 0 Å². The lowest BCUT2D eigenvalue weighted by Gasteiger charge is -2.32. The molecule has 2 N–H and O–H groups in total. The minimum atomic E-state index is -3.42. The minimum absolute atomic E-state index is 0.244. The van der Waals surface area contributed by atoms with Crippen LogP contribution in [0, 0.1) is 12.8 Å². The molecule has 1 aliphatic heterocycles. The van der Waals surface area contributed by atoms with E-state index < -0.39 is 10.0 Å². The highest BCUT2D eigenvalue weighted by Crippen LogP contribution is 2.17. The van der Waals surface area contributed by atoms with Gasteiger partial charge in [0.05, 0.1) is 4.90 Å². The van der Waals surface area contributed by atoms with Crippen LogP contribution >= 0.6 is 0 Å². The van der Waals surface area contributed by atoms with E-state index in [2.05, 4.69) is 9.62 Å². The second-order valence-corrected chi connectivity index (χ2v) is 8.17. The molecule has 0 saturated carbocycles. The predicted octanol–water partition coefficient (Wildman–Crippen LogP) is 1.76. The number of aliphatic hydroxyl groups excluding tert-OH is 1. The van der Waals surface area contributed by atoms with Crippen molar-refractivity contribution in [2.45, 2.75) is 37.5 Å². The first-order valence-electron chi connectivity index (χ1n) is 8.41. The van der Waals surface area contributed by atoms with Crippen LogP contribution in [0.2, 0.25) is 0 Å². The van der Waals surface area contributed by atoms with Crippen LogP contribution < -0.4 is 4.72 Å². The Hall–Kier alpha value is -0.950. The molecule has 0 aromatic heterocycles. The monoisotopic (exact) mass is 340 g/mol. The minimum Gasteiger partial charge on any atom is -0.396 e. The van der Waals surface area contributed by atoms with Crippen LogP contribution in [0.5, 0.6) is 0 Å². The third-order valence-corrected chi connectivity index (χ3v) is 5.82. The van der Waals surface area contributed by atoms with Crippen molar-refractivity contribution in [2.24, 2.45) is 5.92 Å². The Morgan fingerprint density at radius 1 is 1.26 bits per heavy atom. The van der Waals surface area contributed by atoms with E-state index in [-0.39, 0.29) is 6.61 Å². The van der Waals surface area contributed by atoms with Gasteiger partial charge in [-0.25, -0.2) is 13.1 Å². The molecule has 6 heteroatoms. The van der Waals surface area contributed by atoms with Crippen LogP contribution in [0.1, 0.15) is 31.2 Å². The average Bonchev–Trinajstić information content (AvgIpc) is 2.54. The quantitative estimate of drug-likeness (QED) is 0.708. The Labute approximate surface area is 139 Å². The summed E-state index contributed by atoms with van der Waals surface area (Å²) in [7, 11) is -3.42. The van der Waals surface area contributed by atoms with Crippen LogP contribution in [0.25, 0.3) is 0 Å². The number of aliphatic hydroxyl groups is 1. The van der Waals surface area contributed by atoms with Gasteiger partial charge < -0.3 is 10.0 Å². The van der Waals surface area contributed by atoms with E-state index >= 15 is 0 Å². The number of benzene rings is 1. The Morgan fingerprint density at radius 3 is 2.70 bits per heavy atom. The van der Waals surface area contributed by atoms with Gasteiger partial charge in [-0.3, -0.25) is 0 Å². The van der Waals surface area contributed by atoms with Gasteiger partial charge in [0.25, 0.3) is 0 Å². The summed E-state index contributed by atoms with van der Waals surface area (Å²) < 4.78 is 27.4. The van der Waals surface area contributed by atoms with Gasteiger partial charge in [0, 0.05) is 19.7 Å². The standard InChI is InChI=1S/C17H28N2O3S/c1-15-6-8-17(9-7-15)23(21,22)18-13-16-5-4-11-19(14-16)10-2-3-12-20/h6-9,16,18,20H,2-5,10-14H2,1H3. The van der Waals surface area contributed by atoms with Crippen molar-refractivity contribution in [3.63, 3.8) is 0 Å². The molecule has 1 fully saturated rings. The average molecular weight is 340 g/mol. The third-order valence-electron chi connectivity index (χ3n) is 4.38. The van der Waals surface area contributed by atoms with Gasteiger partial charge >= 0.3 is 0 Å². The summed E-state index contributed by atoms with van der Waals surface area (Å²) in [6.45, 7) is 5.67. The molecule has 1 atom stereocenters. The number of likely N-dealkylation sites (tertiary alicyclic amines) is 1. The van der Waals surface area contributed by atoms with Crippen molar-refractivity contribution in [3.8, 4) is 0 Å². The maximum absolute atomic E-state index is 12.3. The lowest BCUT2D eigenvalue weighted by molar-refractivity contribution is 0.168. The summed E-state index contributed by atoms with van der Waals surface area (Å²) in [5.41, 5.74) is 1.05. The lowest BCUT2D eigenvalue weighted by Crippen LogP contribution is -2.41. The number of hydrogen-bond donors (Lipinski definition) is 2. The second-order valence-electron chi connectivity index (χ2n) is 6.40. The molecule has 1 aromatic rings. The molecule has 1 unspecified atom stereocenters. The number of hydrogen-bond acceptors (Lipinski definition) is 4. The van der Waals surface area contributed by atoms with Crippen molar-refractivity contribution in [3.05, 3.63) is 29.8 Å². The van der Waals surface area contributed by atoms with Crippen LogP contribution in [0.4, 0.5) is 0 Å². The van der Waals surface area contributed by atoms with E-state index in [0.29, 0.717) is 17.4 Å². The number of piperidine rings is 1. The first kappa shape index (κ1) is 18.4. The maximum atomic E-state index is 12.3. The first-order chi connectivity index (χ1) is 11.0. The third kappa shape index (κ3) is 5.88. The molecule has 23 heavy (non-hydrogen) atoms. The van der Waals surface area contributed by atoms with Crippen LogP contribution in [-0.4, -0.2) is 51.2 Å². The number of nitrogens with one attached hydrogen (secondary N) is 1. The van der Waals surface area contributed by atoms with Gasteiger partial charge in [0.15, 0.2) is 0 Å². The number of aryl methyl sites for hydroxylation is 1. The summed E-state index contributed by atoms with van der Waals surface area (Å²) in [6, 6.07) is 6.94. The zero-order valence-electron chi connectivity index (χ0n) is 13.9. The lowest BCUT2D eigenvalue weighted by atomic mass is 9.98. The molecular formula is C17H28N2O3S. The number of unbranched alkanes of at least 4 members (excludes halogenated alkanes) is 1. The van der Waals surface area contributed by atoms with Gasteiger partial charge in [0.1, 0.15) is 0 Å². The molecule has 0 aliphatic carbocycles. The van der Waals surface area contributed by atoms with E-state index in [1.54, 1.807) is 12.1 Å². The van der Waals surface area contributed by atoms with Gasteiger partial charge in [-0.05, 0) is 63.7 Å². The number of rotatable bonds is 8. The van der Waals surface area contributed by atoms with E-state index in [9.17, 15) is 8.42 Å². The molecular weight excluding hydrogens is 312 g/mol. The highest BCUT2D eigenvalue weighted by molar-refractivity contribution is 7.89. The molecule has 1 aliphatic rings. The van der Waals surface area contributed by atoms with Crippen molar-refractivity contribution in [1.82, 2.24) is 9.62 Å². The summed E-state index contributed by atoms with van der Waals surface area (Å²) in [4.78, 5) is 2.71. The largest absolute Gasteiger partial charge is 0.396 e. The fourth-order valence-corrected chi connectivity index (χ4v) is 4.11. The smallest absolute Gasteiger partial charge is 0.240 e. The highest BCUT2D eigenvalue weighted by atomic mass is 32.2. The second kappa shape index (κ2) is 8.78. The van der Waals surface area contributed by atoms with Gasteiger partial charge in [0.2, 0.25) is 10.0 Å². The number of sulfonamides is 1. The van der Waals surface area contributed by atoms with E-state index in [4.69, 9.17) is 5.11 Å². The molecule has 0 amide bonds. The molecule has 1 aromatic carbocycles.